The Morgan fingerprint density at radius 3 is 2.40 bits per heavy atom. The second kappa shape index (κ2) is 5.76. The maximum Gasteiger partial charge on any atom is 0.0363 e. The Hall–Kier alpha value is -1.02. The summed E-state index contributed by atoms with van der Waals surface area (Å²) in [5.41, 5.74) is 8.19. The highest BCUT2D eigenvalue weighted by Crippen LogP contribution is 2.14. The van der Waals surface area contributed by atoms with E-state index in [9.17, 15) is 0 Å². The van der Waals surface area contributed by atoms with Crippen molar-refractivity contribution in [1.82, 2.24) is 0 Å². The van der Waals surface area contributed by atoms with Gasteiger partial charge in [0.05, 0.1) is 0 Å². The largest absolute Gasteiger partial charge is 0.375 e. The molecule has 0 heterocycles. The molecule has 15 heavy (non-hydrogen) atoms. The summed E-state index contributed by atoms with van der Waals surface area (Å²) in [7, 11) is 2.13. The van der Waals surface area contributed by atoms with E-state index >= 15 is 0 Å². The highest BCUT2D eigenvalue weighted by atomic mass is 15.1. The van der Waals surface area contributed by atoms with Crippen LogP contribution >= 0.6 is 0 Å². The van der Waals surface area contributed by atoms with Crippen LogP contribution < -0.4 is 10.6 Å². The first-order chi connectivity index (χ1) is 7.13. The molecule has 0 spiro atoms. The number of rotatable bonds is 5. The molecule has 2 heteroatoms. The van der Waals surface area contributed by atoms with Gasteiger partial charge in [-0.1, -0.05) is 24.6 Å². The minimum Gasteiger partial charge on any atom is -0.375 e. The zero-order valence-corrected chi connectivity index (χ0v) is 10.0. The molecule has 0 aliphatic carbocycles. The average molecular weight is 206 g/mol. The third-order valence-electron chi connectivity index (χ3n) is 2.83. The molecular formula is C13H22N2. The van der Waals surface area contributed by atoms with Gasteiger partial charge in [0, 0.05) is 19.3 Å². The van der Waals surface area contributed by atoms with Crippen LogP contribution in [0.2, 0.25) is 0 Å². The maximum absolute atomic E-state index is 5.60. The third-order valence-corrected chi connectivity index (χ3v) is 2.83. The lowest BCUT2D eigenvalue weighted by Gasteiger charge is -2.21. The second-order valence-corrected chi connectivity index (χ2v) is 4.39. The van der Waals surface area contributed by atoms with Crippen molar-refractivity contribution < 1.29 is 0 Å². The van der Waals surface area contributed by atoms with E-state index < -0.39 is 0 Å². The first kappa shape index (κ1) is 12.1. The third kappa shape index (κ3) is 3.92. The SMILES string of the molecule is Cc1ccc(N(C)CCC(C)CN)cc1. The highest BCUT2D eigenvalue weighted by molar-refractivity contribution is 5.46. The molecule has 1 aromatic rings. The molecule has 1 rings (SSSR count). The fourth-order valence-corrected chi connectivity index (χ4v) is 1.46. The number of aryl methyl sites for hydroxylation is 1. The number of nitrogens with two attached hydrogens (primary N) is 1. The summed E-state index contributed by atoms with van der Waals surface area (Å²) in [6.07, 6.45) is 1.15. The zero-order valence-electron chi connectivity index (χ0n) is 10.0. The summed E-state index contributed by atoms with van der Waals surface area (Å²) in [6.45, 7) is 6.16. The first-order valence-electron chi connectivity index (χ1n) is 5.61. The Morgan fingerprint density at radius 2 is 1.87 bits per heavy atom. The van der Waals surface area contributed by atoms with E-state index in [1.165, 1.54) is 11.3 Å². The number of nitrogens with zero attached hydrogens (tertiary/aromatic N) is 1. The topological polar surface area (TPSA) is 29.3 Å². The van der Waals surface area contributed by atoms with Crippen molar-refractivity contribution in [2.24, 2.45) is 11.7 Å². The lowest BCUT2D eigenvalue weighted by Crippen LogP contribution is -2.22. The summed E-state index contributed by atoms with van der Waals surface area (Å²) >= 11 is 0. The molecule has 2 nitrogen and oxygen atoms in total. The maximum atomic E-state index is 5.60. The molecular weight excluding hydrogens is 184 g/mol. The standard InChI is InChI=1S/C13H22N2/c1-11-4-6-13(7-5-11)15(3)9-8-12(2)10-14/h4-7,12H,8-10,14H2,1-3H3. The van der Waals surface area contributed by atoms with E-state index in [4.69, 9.17) is 5.73 Å². The minimum absolute atomic E-state index is 0.609. The van der Waals surface area contributed by atoms with E-state index in [2.05, 4.69) is 50.1 Å². The van der Waals surface area contributed by atoms with Crippen LogP contribution in [-0.2, 0) is 0 Å². The number of anilines is 1. The summed E-state index contributed by atoms with van der Waals surface area (Å²) < 4.78 is 0. The van der Waals surface area contributed by atoms with Gasteiger partial charge in [0.25, 0.3) is 0 Å². The molecule has 0 aliphatic heterocycles. The van der Waals surface area contributed by atoms with Crippen molar-refractivity contribution in [3.63, 3.8) is 0 Å². The molecule has 0 aliphatic rings. The number of hydrogen-bond donors (Lipinski definition) is 1. The van der Waals surface area contributed by atoms with Crippen molar-refractivity contribution in [2.45, 2.75) is 20.3 Å². The van der Waals surface area contributed by atoms with E-state index in [0.29, 0.717) is 5.92 Å². The molecule has 0 bridgehead atoms. The van der Waals surface area contributed by atoms with Crippen molar-refractivity contribution in [2.75, 3.05) is 25.0 Å². The molecule has 0 amide bonds. The molecule has 0 aromatic heterocycles. The van der Waals surface area contributed by atoms with Crippen molar-refractivity contribution in [1.29, 1.82) is 0 Å². The lowest BCUT2D eigenvalue weighted by atomic mass is 10.1. The van der Waals surface area contributed by atoms with Gasteiger partial charge < -0.3 is 10.6 Å². The Bertz CT molecular complexity index is 279. The molecule has 1 unspecified atom stereocenters. The summed E-state index contributed by atoms with van der Waals surface area (Å²) in [5.74, 6) is 0.609. The summed E-state index contributed by atoms with van der Waals surface area (Å²) in [5, 5.41) is 0. The van der Waals surface area contributed by atoms with Gasteiger partial charge in [0.1, 0.15) is 0 Å². The quantitative estimate of drug-likeness (QED) is 0.801. The molecule has 0 fully saturated rings. The average Bonchev–Trinajstić information content (AvgIpc) is 2.26. The molecule has 0 saturated carbocycles. The van der Waals surface area contributed by atoms with Crippen LogP contribution in [-0.4, -0.2) is 20.1 Å². The van der Waals surface area contributed by atoms with E-state index in [-0.39, 0.29) is 0 Å². The predicted molar refractivity (Wildman–Crippen MR) is 67.3 cm³/mol. The zero-order chi connectivity index (χ0) is 11.3. The van der Waals surface area contributed by atoms with E-state index in [1.807, 2.05) is 0 Å². The fraction of sp³-hybridized carbons (Fsp3) is 0.538. The summed E-state index contributed by atoms with van der Waals surface area (Å²) in [6, 6.07) is 8.64. The van der Waals surface area contributed by atoms with Crippen molar-refractivity contribution >= 4 is 5.69 Å². The predicted octanol–water partition coefficient (Wildman–Crippen LogP) is 2.42. The fourth-order valence-electron chi connectivity index (χ4n) is 1.46. The van der Waals surface area contributed by atoms with Crippen LogP contribution in [0.15, 0.2) is 24.3 Å². The number of benzene rings is 1. The van der Waals surface area contributed by atoms with Crippen LogP contribution in [0.3, 0.4) is 0 Å². The van der Waals surface area contributed by atoms with Crippen molar-refractivity contribution in [3.05, 3.63) is 29.8 Å². The van der Waals surface area contributed by atoms with Gasteiger partial charge in [0.2, 0.25) is 0 Å². The normalized spacial score (nSPS) is 12.5. The van der Waals surface area contributed by atoms with Crippen LogP contribution in [0, 0.1) is 12.8 Å². The monoisotopic (exact) mass is 206 g/mol. The Balaban J connectivity index is 2.46. The van der Waals surface area contributed by atoms with Crippen LogP contribution in [0.5, 0.6) is 0 Å². The minimum atomic E-state index is 0.609. The van der Waals surface area contributed by atoms with E-state index in [1.54, 1.807) is 0 Å². The van der Waals surface area contributed by atoms with Gasteiger partial charge in [-0.05, 0) is 37.9 Å². The van der Waals surface area contributed by atoms with Gasteiger partial charge in [0.15, 0.2) is 0 Å². The Morgan fingerprint density at radius 1 is 1.27 bits per heavy atom. The van der Waals surface area contributed by atoms with Crippen LogP contribution in [0.4, 0.5) is 5.69 Å². The van der Waals surface area contributed by atoms with Gasteiger partial charge in [-0.25, -0.2) is 0 Å². The van der Waals surface area contributed by atoms with Crippen molar-refractivity contribution in [3.8, 4) is 0 Å². The van der Waals surface area contributed by atoms with E-state index in [0.717, 1.165) is 19.5 Å². The molecule has 2 N–H and O–H groups in total. The summed E-state index contributed by atoms with van der Waals surface area (Å²) in [4.78, 5) is 2.28. The van der Waals surface area contributed by atoms with Crippen LogP contribution in [0.1, 0.15) is 18.9 Å². The molecule has 84 valence electrons. The Labute approximate surface area is 93.1 Å². The van der Waals surface area contributed by atoms with Gasteiger partial charge in [-0.3, -0.25) is 0 Å². The second-order valence-electron chi connectivity index (χ2n) is 4.39. The molecule has 1 aromatic carbocycles. The van der Waals surface area contributed by atoms with Gasteiger partial charge >= 0.3 is 0 Å². The van der Waals surface area contributed by atoms with Gasteiger partial charge in [-0.2, -0.15) is 0 Å². The Kier molecular flexibility index (Phi) is 4.63. The van der Waals surface area contributed by atoms with Crippen LogP contribution in [0.25, 0.3) is 0 Å². The molecule has 1 atom stereocenters. The first-order valence-corrected chi connectivity index (χ1v) is 5.61. The molecule has 0 radical (unpaired) electrons. The highest BCUT2D eigenvalue weighted by Gasteiger charge is 2.03. The smallest absolute Gasteiger partial charge is 0.0363 e. The molecule has 0 saturated heterocycles. The number of hydrogen-bond acceptors (Lipinski definition) is 2. The lowest BCUT2D eigenvalue weighted by molar-refractivity contribution is 0.545. The van der Waals surface area contributed by atoms with Gasteiger partial charge in [-0.15, -0.1) is 0 Å².